The molecule has 120 valence electrons. The maximum Gasteiger partial charge on any atom is 0.323 e. The molecule has 0 atom stereocenters. The van der Waals surface area contributed by atoms with E-state index in [0.29, 0.717) is 5.13 Å². The Kier molecular flexibility index (Phi) is 3.91. The number of benzene rings is 1. The van der Waals surface area contributed by atoms with Crippen molar-refractivity contribution in [3.8, 4) is 11.4 Å². The summed E-state index contributed by atoms with van der Waals surface area (Å²) in [6, 6.07) is 7.54. The largest absolute Gasteiger partial charge is 0.497 e. The van der Waals surface area contributed by atoms with E-state index in [4.69, 9.17) is 9.84 Å². The van der Waals surface area contributed by atoms with Crippen LogP contribution in [0.1, 0.15) is 5.69 Å². The van der Waals surface area contributed by atoms with Gasteiger partial charge in [0.15, 0.2) is 10.8 Å². The lowest BCUT2D eigenvalue weighted by atomic mass is 10.3. The molecule has 1 aromatic carbocycles. The van der Waals surface area contributed by atoms with Gasteiger partial charge in [-0.25, -0.2) is 4.68 Å². The van der Waals surface area contributed by atoms with Gasteiger partial charge in [-0.05, 0) is 31.2 Å². The highest BCUT2D eigenvalue weighted by Crippen LogP contribution is 2.32. The van der Waals surface area contributed by atoms with Crippen LogP contribution in [0.25, 0.3) is 16.0 Å². The zero-order valence-corrected chi connectivity index (χ0v) is 13.8. The van der Waals surface area contributed by atoms with Crippen LogP contribution in [0.15, 0.2) is 24.3 Å². The number of nitrogens with zero attached hydrogens (tertiary/aromatic N) is 4. The average molecular weight is 332 g/mol. The standard InChI is InChI=1S/C15H16N4O3S/c1-9-13-14(16-15(23-13)18(2)8-12(20)21)19(17-9)10-4-6-11(22-3)7-5-10/h4-7H,8H2,1-3H3,(H,20,21). The zero-order valence-electron chi connectivity index (χ0n) is 13.0. The van der Waals surface area contributed by atoms with Crippen LogP contribution in [-0.2, 0) is 4.79 Å². The van der Waals surface area contributed by atoms with Crippen LogP contribution in [0.4, 0.5) is 5.13 Å². The average Bonchev–Trinajstić information content (AvgIpc) is 3.08. The number of hydrogen-bond donors (Lipinski definition) is 1. The molecule has 3 rings (SSSR count). The normalized spacial score (nSPS) is 10.9. The fourth-order valence-electron chi connectivity index (χ4n) is 2.26. The highest BCUT2D eigenvalue weighted by molar-refractivity contribution is 7.22. The van der Waals surface area contributed by atoms with Crippen molar-refractivity contribution < 1.29 is 14.6 Å². The van der Waals surface area contributed by atoms with Crippen molar-refractivity contribution in [2.24, 2.45) is 0 Å². The van der Waals surface area contributed by atoms with Gasteiger partial charge in [-0.2, -0.15) is 10.1 Å². The van der Waals surface area contributed by atoms with Crippen molar-refractivity contribution in [3.05, 3.63) is 30.0 Å². The van der Waals surface area contributed by atoms with Crippen molar-refractivity contribution in [2.45, 2.75) is 6.92 Å². The number of ether oxygens (including phenoxy) is 1. The van der Waals surface area contributed by atoms with E-state index in [9.17, 15) is 4.79 Å². The lowest BCUT2D eigenvalue weighted by molar-refractivity contribution is -0.135. The summed E-state index contributed by atoms with van der Waals surface area (Å²) in [5, 5.41) is 14.1. The molecule has 2 aromatic heterocycles. The molecule has 0 saturated carbocycles. The van der Waals surface area contributed by atoms with Crippen LogP contribution >= 0.6 is 11.3 Å². The second-order valence-corrected chi connectivity index (χ2v) is 6.07. The first-order chi connectivity index (χ1) is 11.0. The molecular formula is C15H16N4O3S. The molecule has 3 aromatic rings. The number of fused-ring (bicyclic) bond motifs is 1. The van der Waals surface area contributed by atoms with Crippen LogP contribution in [0, 0.1) is 6.92 Å². The first kappa shape index (κ1) is 15.3. The number of likely N-dealkylation sites (N-methyl/N-ethyl adjacent to an activating group) is 1. The second kappa shape index (κ2) is 5.88. The molecule has 1 N–H and O–H groups in total. The Bertz CT molecular complexity index is 854. The van der Waals surface area contributed by atoms with Crippen molar-refractivity contribution in [2.75, 3.05) is 25.6 Å². The van der Waals surface area contributed by atoms with E-state index >= 15 is 0 Å². The number of aryl methyl sites for hydroxylation is 1. The van der Waals surface area contributed by atoms with E-state index in [2.05, 4.69) is 10.1 Å². The number of hydrogen-bond acceptors (Lipinski definition) is 6. The van der Waals surface area contributed by atoms with E-state index < -0.39 is 5.97 Å². The fourth-order valence-corrected chi connectivity index (χ4v) is 3.21. The molecule has 8 heteroatoms. The number of aromatic nitrogens is 3. The van der Waals surface area contributed by atoms with E-state index in [0.717, 1.165) is 27.5 Å². The van der Waals surface area contributed by atoms with Crippen molar-refractivity contribution in [1.82, 2.24) is 14.8 Å². The summed E-state index contributed by atoms with van der Waals surface area (Å²) < 4.78 is 7.88. The monoisotopic (exact) mass is 332 g/mol. The molecule has 0 amide bonds. The third-order valence-electron chi connectivity index (χ3n) is 3.39. The third-order valence-corrected chi connectivity index (χ3v) is 4.66. The molecule has 2 heterocycles. The Morgan fingerprint density at radius 3 is 2.70 bits per heavy atom. The maximum atomic E-state index is 10.9. The van der Waals surface area contributed by atoms with Gasteiger partial charge < -0.3 is 14.7 Å². The minimum absolute atomic E-state index is 0.0921. The summed E-state index contributed by atoms with van der Waals surface area (Å²) in [5.41, 5.74) is 2.47. The number of methoxy groups -OCH3 is 1. The summed E-state index contributed by atoms with van der Waals surface area (Å²) in [6.45, 7) is 1.83. The Labute approximate surface area is 136 Å². The van der Waals surface area contributed by atoms with Gasteiger partial charge in [-0.15, -0.1) is 0 Å². The topological polar surface area (TPSA) is 80.5 Å². The predicted octanol–water partition coefficient (Wildman–Crippen LogP) is 2.32. The number of rotatable bonds is 5. The summed E-state index contributed by atoms with van der Waals surface area (Å²) in [6.07, 6.45) is 0. The number of carbonyl (C=O) groups is 1. The highest BCUT2D eigenvalue weighted by Gasteiger charge is 2.18. The molecule has 0 unspecified atom stereocenters. The number of carboxylic acids is 1. The van der Waals surface area contributed by atoms with Gasteiger partial charge in [0.05, 0.1) is 23.2 Å². The summed E-state index contributed by atoms with van der Waals surface area (Å²) in [5.74, 6) is -0.116. The number of carboxylic acid groups (broad SMARTS) is 1. The van der Waals surface area contributed by atoms with Crippen molar-refractivity contribution >= 4 is 32.8 Å². The molecule has 0 fully saturated rings. The van der Waals surface area contributed by atoms with Gasteiger partial charge in [0.1, 0.15) is 12.3 Å². The first-order valence-corrected chi connectivity index (χ1v) is 7.74. The minimum atomic E-state index is -0.889. The maximum absolute atomic E-state index is 10.9. The molecule has 0 aliphatic heterocycles. The van der Waals surface area contributed by atoms with Gasteiger partial charge in [-0.3, -0.25) is 4.79 Å². The fraction of sp³-hybridized carbons (Fsp3) is 0.267. The zero-order chi connectivity index (χ0) is 16.6. The SMILES string of the molecule is COc1ccc(-n2nc(C)c3sc(N(C)CC(=O)O)nc32)cc1. The molecule has 0 aliphatic rings. The van der Waals surface area contributed by atoms with Crippen molar-refractivity contribution in [1.29, 1.82) is 0 Å². The highest BCUT2D eigenvalue weighted by atomic mass is 32.1. The minimum Gasteiger partial charge on any atom is -0.497 e. The Morgan fingerprint density at radius 1 is 1.39 bits per heavy atom. The first-order valence-electron chi connectivity index (χ1n) is 6.93. The summed E-state index contributed by atoms with van der Waals surface area (Å²) >= 11 is 1.44. The van der Waals surface area contributed by atoms with E-state index in [1.807, 2.05) is 31.2 Å². The van der Waals surface area contributed by atoms with E-state index in [1.54, 1.807) is 23.7 Å². The molecule has 23 heavy (non-hydrogen) atoms. The summed E-state index contributed by atoms with van der Waals surface area (Å²) in [4.78, 5) is 17.0. The Balaban J connectivity index is 2.03. The Hall–Kier alpha value is -2.61. The molecule has 0 aliphatic carbocycles. The van der Waals surface area contributed by atoms with Crippen LogP contribution in [0.5, 0.6) is 5.75 Å². The Morgan fingerprint density at radius 2 is 2.09 bits per heavy atom. The summed E-state index contributed by atoms with van der Waals surface area (Å²) in [7, 11) is 3.34. The van der Waals surface area contributed by atoms with Crippen LogP contribution < -0.4 is 9.64 Å². The lowest BCUT2D eigenvalue weighted by Crippen LogP contribution is -2.24. The van der Waals surface area contributed by atoms with E-state index in [-0.39, 0.29) is 6.54 Å². The van der Waals surface area contributed by atoms with E-state index in [1.165, 1.54) is 11.3 Å². The quantitative estimate of drug-likeness (QED) is 0.772. The van der Waals surface area contributed by atoms with Crippen LogP contribution in [-0.4, -0.2) is 46.5 Å². The molecular weight excluding hydrogens is 316 g/mol. The molecule has 0 radical (unpaired) electrons. The second-order valence-electron chi connectivity index (χ2n) is 5.09. The van der Waals surface area contributed by atoms with Gasteiger partial charge in [-0.1, -0.05) is 11.3 Å². The molecule has 7 nitrogen and oxygen atoms in total. The van der Waals surface area contributed by atoms with Gasteiger partial charge >= 0.3 is 5.97 Å². The van der Waals surface area contributed by atoms with Gasteiger partial charge in [0.25, 0.3) is 0 Å². The van der Waals surface area contributed by atoms with Gasteiger partial charge in [0, 0.05) is 7.05 Å². The lowest BCUT2D eigenvalue weighted by Gasteiger charge is -2.11. The van der Waals surface area contributed by atoms with Crippen LogP contribution in [0.3, 0.4) is 0 Å². The predicted molar refractivity (Wildman–Crippen MR) is 88.9 cm³/mol. The number of aliphatic carboxylic acids is 1. The third kappa shape index (κ3) is 2.85. The molecule has 0 spiro atoms. The molecule has 0 saturated heterocycles. The van der Waals surface area contributed by atoms with Crippen LogP contribution in [0.2, 0.25) is 0 Å². The number of anilines is 1. The smallest absolute Gasteiger partial charge is 0.323 e. The van der Waals surface area contributed by atoms with Crippen molar-refractivity contribution in [3.63, 3.8) is 0 Å². The molecule has 0 bridgehead atoms. The number of thiazole rings is 1. The van der Waals surface area contributed by atoms with Gasteiger partial charge in [0.2, 0.25) is 0 Å².